The van der Waals surface area contributed by atoms with E-state index in [0.717, 1.165) is 4.90 Å². The second kappa shape index (κ2) is 5.40. The van der Waals surface area contributed by atoms with Gasteiger partial charge in [0.05, 0.1) is 23.3 Å². The maximum Gasteiger partial charge on any atom is 0.307 e. The van der Waals surface area contributed by atoms with Gasteiger partial charge in [-0.2, -0.15) is 0 Å². The number of hydrogen-bond donors (Lipinski definition) is 3. The van der Waals surface area contributed by atoms with E-state index in [0.29, 0.717) is 30.0 Å². The first-order valence-corrected chi connectivity index (χ1v) is 7.63. The molecule has 2 unspecified atom stereocenters. The number of carboxylic acids is 1. The number of anilines is 2. The number of benzene rings is 1. The smallest absolute Gasteiger partial charge is 0.307 e. The van der Waals surface area contributed by atoms with Gasteiger partial charge in [0.2, 0.25) is 11.8 Å². The fourth-order valence-corrected chi connectivity index (χ4v) is 3.29. The van der Waals surface area contributed by atoms with Gasteiger partial charge >= 0.3 is 5.97 Å². The summed E-state index contributed by atoms with van der Waals surface area (Å²) in [5.41, 5.74) is 1.25. The Morgan fingerprint density at radius 1 is 1.29 bits per heavy atom. The van der Waals surface area contributed by atoms with Crippen LogP contribution < -0.4 is 10.6 Å². The summed E-state index contributed by atoms with van der Waals surface area (Å²) in [6.45, 7) is 0. The number of hydrogen-bond acceptors (Lipinski definition) is 4. The Bertz CT molecular complexity index is 631. The highest BCUT2D eigenvalue weighted by Gasteiger charge is 2.41. The molecule has 3 rings (SSSR count). The molecule has 6 nitrogen and oxygen atoms in total. The molecule has 1 aromatic carbocycles. The van der Waals surface area contributed by atoms with Gasteiger partial charge in [0, 0.05) is 10.6 Å². The average molecular weight is 306 g/mol. The normalized spacial score (nSPS) is 23.5. The van der Waals surface area contributed by atoms with Crippen LogP contribution >= 0.6 is 11.8 Å². The number of aliphatic carboxylic acids is 1. The fourth-order valence-electron chi connectivity index (χ4n) is 2.51. The van der Waals surface area contributed by atoms with Crippen LogP contribution in [0, 0.1) is 11.8 Å². The minimum Gasteiger partial charge on any atom is -0.481 e. The standard InChI is InChI=1S/C14H14N2O4S/c17-12-6-21-11-4-1-7(5-10(11)16-12)15-13(18)8-2-3-9(8)14(19)20/h1,4-5,8-9H,2-3,6H2,(H,15,18)(H,16,17)(H,19,20). The van der Waals surface area contributed by atoms with Crippen LogP contribution in [0.25, 0.3) is 0 Å². The molecule has 2 atom stereocenters. The zero-order valence-electron chi connectivity index (χ0n) is 11.1. The lowest BCUT2D eigenvalue weighted by atomic mass is 9.73. The number of fused-ring (bicyclic) bond motifs is 1. The lowest BCUT2D eigenvalue weighted by Gasteiger charge is -2.32. The molecule has 110 valence electrons. The summed E-state index contributed by atoms with van der Waals surface area (Å²) < 4.78 is 0. The molecular formula is C14H14N2O4S. The summed E-state index contributed by atoms with van der Waals surface area (Å²) in [7, 11) is 0. The molecule has 1 aliphatic heterocycles. The molecule has 2 amide bonds. The number of nitrogens with one attached hydrogen (secondary N) is 2. The molecule has 1 fully saturated rings. The predicted molar refractivity (Wildman–Crippen MR) is 78.3 cm³/mol. The van der Waals surface area contributed by atoms with Crippen LogP contribution in [0.15, 0.2) is 23.1 Å². The van der Waals surface area contributed by atoms with Crippen molar-refractivity contribution in [3.05, 3.63) is 18.2 Å². The van der Waals surface area contributed by atoms with Crippen molar-refractivity contribution in [1.82, 2.24) is 0 Å². The molecule has 3 N–H and O–H groups in total. The first-order valence-electron chi connectivity index (χ1n) is 6.65. The first kappa shape index (κ1) is 13.9. The van der Waals surface area contributed by atoms with Crippen molar-refractivity contribution in [2.75, 3.05) is 16.4 Å². The lowest BCUT2D eigenvalue weighted by Crippen LogP contribution is -2.41. The summed E-state index contributed by atoms with van der Waals surface area (Å²) in [6, 6.07) is 5.30. The van der Waals surface area contributed by atoms with Crippen LogP contribution in [0.5, 0.6) is 0 Å². The second-order valence-corrected chi connectivity index (χ2v) is 6.18. The van der Waals surface area contributed by atoms with Gasteiger partial charge in [-0.25, -0.2) is 0 Å². The molecule has 21 heavy (non-hydrogen) atoms. The van der Waals surface area contributed by atoms with E-state index in [9.17, 15) is 14.4 Å². The van der Waals surface area contributed by atoms with Crippen molar-refractivity contribution >= 4 is 40.9 Å². The topological polar surface area (TPSA) is 95.5 Å². The maximum absolute atomic E-state index is 12.1. The molecule has 7 heteroatoms. The van der Waals surface area contributed by atoms with Crippen molar-refractivity contribution < 1.29 is 19.5 Å². The molecule has 1 saturated carbocycles. The Morgan fingerprint density at radius 3 is 2.71 bits per heavy atom. The maximum atomic E-state index is 12.1. The van der Waals surface area contributed by atoms with Crippen LogP contribution in [0.2, 0.25) is 0 Å². The molecule has 0 saturated heterocycles. The quantitative estimate of drug-likeness (QED) is 0.791. The fraction of sp³-hybridized carbons (Fsp3) is 0.357. The average Bonchev–Trinajstić information content (AvgIpc) is 2.35. The van der Waals surface area contributed by atoms with E-state index in [-0.39, 0.29) is 11.8 Å². The van der Waals surface area contributed by atoms with Crippen molar-refractivity contribution in [3.63, 3.8) is 0 Å². The van der Waals surface area contributed by atoms with Gasteiger partial charge in [-0.15, -0.1) is 11.8 Å². The number of carbonyl (C=O) groups excluding carboxylic acids is 2. The third-order valence-corrected chi connectivity index (χ3v) is 4.88. The molecule has 0 aromatic heterocycles. The number of rotatable bonds is 3. The second-order valence-electron chi connectivity index (χ2n) is 5.17. The predicted octanol–water partition coefficient (Wildman–Crippen LogP) is 1.78. The van der Waals surface area contributed by atoms with E-state index in [1.807, 2.05) is 6.07 Å². The zero-order valence-corrected chi connectivity index (χ0v) is 11.9. The lowest BCUT2D eigenvalue weighted by molar-refractivity contribution is -0.151. The van der Waals surface area contributed by atoms with Gasteiger partial charge in [0.25, 0.3) is 0 Å². The Labute approximate surface area is 125 Å². The van der Waals surface area contributed by atoms with Crippen LogP contribution in [0.1, 0.15) is 12.8 Å². The number of carbonyl (C=O) groups is 3. The molecule has 2 aliphatic rings. The van der Waals surface area contributed by atoms with E-state index in [1.54, 1.807) is 12.1 Å². The van der Waals surface area contributed by atoms with E-state index < -0.39 is 17.8 Å². The van der Waals surface area contributed by atoms with Crippen molar-refractivity contribution in [1.29, 1.82) is 0 Å². The van der Waals surface area contributed by atoms with Crippen molar-refractivity contribution in [2.24, 2.45) is 11.8 Å². The van der Waals surface area contributed by atoms with E-state index in [1.165, 1.54) is 11.8 Å². The summed E-state index contributed by atoms with van der Waals surface area (Å²) in [5.74, 6) is -1.93. The van der Waals surface area contributed by atoms with Crippen LogP contribution in [-0.4, -0.2) is 28.6 Å². The molecule has 1 aliphatic carbocycles. The van der Waals surface area contributed by atoms with Gasteiger partial charge in [0.15, 0.2) is 0 Å². The highest BCUT2D eigenvalue weighted by Crippen LogP contribution is 2.37. The SMILES string of the molecule is O=C1CSc2ccc(NC(=O)C3CCC3C(=O)O)cc2N1. The minimum atomic E-state index is -0.921. The Morgan fingerprint density at radius 2 is 2.05 bits per heavy atom. The van der Waals surface area contributed by atoms with E-state index >= 15 is 0 Å². The Hall–Kier alpha value is -2.02. The zero-order chi connectivity index (χ0) is 15.0. The largest absolute Gasteiger partial charge is 0.481 e. The van der Waals surface area contributed by atoms with Gasteiger partial charge in [0.1, 0.15) is 0 Å². The first-order chi connectivity index (χ1) is 10.0. The highest BCUT2D eigenvalue weighted by molar-refractivity contribution is 8.00. The summed E-state index contributed by atoms with van der Waals surface area (Å²) in [4.78, 5) is 35.3. The van der Waals surface area contributed by atoms with Gasteiger partial charge in [-0.3, -0.25) is 14.4 Å². The van der Waals surface area contributed by atoms with Crippen LogP contribution in [0.3, 0.4) is 0 Å². The Kier molecular flexibility index (Phi) is 3.59. The summed E-state index contributed by atoms with van der Waals surface area (Å²) >= 11 is 1.45. The summed E-state index contributed by atoms with van der Waals surface area (Å²) in [6.07, 6.45) is 1.14. The number of amides is 2. The Balaban J connectivity index is 1.71. The molecule has 0 spiro atoms. The molecular weight excluding hydrogens is 292 g/mol. The van der Waals surface area contributed by atoms with Crippen molar-refractivity contribution in [3.8, 4) is 0 Å². The van der Waals surface area contributed by atoms with Gasteiger partial charge in [-0.05, 0) is 31.0 Å². The highest BCUT2D eigenvalue weighted by atomic mass is 32.2. The van der Waals surface area contributed by atoms with Crippen LogP contribution in [-0.2, 0) is 14.4 Å². The molecule has 1 aromatic rings. The van der Waals surface area contributed by atoms with Gasteiger partial charge < -0.3 is 15.7 Å². The number of carboxylic acid groups (broad SMARTS) is 1. The van der Waals surface area contributed by atoms with Crippen LogP contribution in [0.4, 0.5) is 11.4 Å². The summed E-state index contributed by atoms with van der Waals surface area (Å²) in [5, 5.41) is 14.5. The number of thioether (sulfide) groups is 1. The third-order valence-electron chi connectivity index (χ3n) is 3.81. The molecule has 0 bridgehead atoms. The van der Waals surface area contributed by atoms with Crippen molar-refractivity contribution in [2.45, 2.75) is 17.7 Å². The van der Waals surface area contributed by atoms with E-state index in [2.05, 4.69) is 10.6 Å². The minimum absolute atomic E-state index is 0.0686. The monoisotopic (exact) mass is 306 g/mol. The molecule has 0 radical (unpaired) electrons. The third kappa shape index (κ3) is 2.73. The van der Waals surface area contributed by atoms with E-state index in [4.69, 9.17) is 5.11 Å². The molecule has 1 heterocycles. The van der Waals surface area contributed by atoms with Gasteiger partial charge in [-0.1, -0.05) is 0 Å².